The first-order chi connectivity index (χ1) is 11.6. The fourth-order valence-electron chi connectivity index (χ4n) is 2.91. The summed E-state index contributed by atoms with van der Waals surface area (Å²) < 4.78 is 0. The minimum atomic E-state index is -0.379. The first-order valence-corrected chi connectivity index (χ1v) is 9.05. The van der Waals surface area contributed by atoms with Crippen LogP contribution in [0.4, 0.5) is 5.69 Å². The van der Waals surface area contributed by atoms with E-state index in [1.54, 1.807) is 0 Å². The average molecular weight is 340 g/mol. The summed E-state index contributed by atoms with van der Waals surface area (Å²) in [7, 11) is 0. The minimum absolute atomic E-state index is 0.129. The number of nitrogens with two attached hydrogens (primary N) is 1. The largest absolute Gasteiger partial charge is 0.369 e. The Bertz CT molecular complexity index is 774. The van der Waals surface area contributed by atoms with Gasteiger partial charge in [0.05, 0.1) is 11.4 Å². The summed E-state index contributed by atoms with van der Waals surface area (Å²) in [5.41, 5.74) is 9.21. The highest BCUT2D eigenvalue weighted by Gasteiger charge is 2.14. The van der Waals surface area contributed by atoms with E-state index in [9.17, 15) is 9.59 Å². The molecule has 0 heterocycles. The van der Waals surface area contributed by atoms with Crippen molar-refractivity contribution in [2.45, 2.75) is 30.6 Å². The zero-order valence-corrected chi connectivity index (χ0v) is 14.2. The van der Waals surface area contributed by atoms with Crippen LogP contribution in [-0.4, -0.2) is 17.6 Å². The van der Waals surface area contributed by atoms with E-state index in [1.165, 1.54) is 35.7 Å². The molecule has 4 nitrogen and oxygen atoms in total. The van der Waals surface area contributed by atoms with Gasteiger partial charge in [-0.25, -0.2) is 0 Å². The van der Waals surface area contributed by atoms with Gasteiger partial charge in [-0.05, 0) is 61.1 Å². The summed E-state index contributed by atoms with van der Waals surface area (Å²) in [5.74, 6) is -0.322. The maximum absolute atomic E-state index is 12.6. The van der Waals surface area contributed by atoms with Gasteiger partial charge in [-0.2, -0.15) is 0 Å². The van der Waals surface area contributed by atoms with Crippen molar-refractivity contribution in [3.05, 3.63) is 59.2 Å². The second kappa shape index (κ2) is 7.53. The number of carbonyl (C=O) groups excluding carboxylic acids is 2. The number of primary amides is 1. The number of rotatable bonds is 5. The summed E-state index contributed by atoms with van der Waals surface area (Å²) in [6.45, 7) is 0. The number of fused-ring (bicyclic) bond motifs is 1. The molecular weight excluding hydrogens is 320 g/mol. The van der Waals surface area contributed by atoms with Crippen molar-refractivity contribution in [1.29, 1.82) is 0 Å². The van der Waals surface area contributed by atoms with Crippen LogP contribution in [0, 0.1) is 0 Å². The molecule has 0 spiro atoms. The number of amides is 2. The lowest BCUT2D eigenvalue weighted by atomic mass is 9.90. The van der Waals surface area contributed by atoms with Crippen LogP contribution in [0.2, 0.25) is 0 Å². The normalized spacial score (nSPS) is 13.2. The number of nitrogens with one attached hydrogen (secondary N) is 1. The number of para-hydroxylation sites is 1. The maximum Gasteiger partial charge on any atom is 0.255 e. The summed E-state index contributed by atoms with van der Waals surface area (Å²) in [5, 5.41) is 2.95. The second-order valence-electron chi connectivity index (χ2n) is 5.90. The number of thioether (sulfide) groups is 1. The number of anilines is 1. The van der Waals surface area contributed by atoms with Gasteiger partial charge in [0, 0.05) is 10.5 Å². The van der Waals surface area contributed by atoms with E-state index >= 15 is 0 Å². The van der Waals surface area contributed by atoms with Gasteiger partial charge in [0.2, 0.25) is 5.91 Å². The van der Waals surface area contributed by atoms with E-state index in [0.717, 1.165) is 17.7 Å². The van der Waals surface area contributed by atoms with E-state index in [2.05, 4.69) is 11.4 Å². The summed E-state index contributed by atoms with van der Waals surface area (Å²) in [6, 6.07) is 13.4. The van der Waals surface area contributed by atoms with Crippen LogP contribution in [0.15, 0.2) is 47.4 Å². The number of hydrogen-bond donors (Lipinski definition) is 2. The fraction of sp³-hybridized carbons (Fsp3) is 0.263. The third-order valence-electron chi connectivity index (χ3n) is 4.12. The van der Waals surface area contributed by atoms with Gasteiger partial charge >= 0.3 is 0 Å². The molecule has 1 aliphatic rings. The lowest BCUT2D eigenvalue weighted by Crippen LogP contribution is -2.15. The van der Waals surface area contributed by atoms with Crippen LogP contribution in [0.25, 0.3) is 0 Å². The van der Waals surface area contributed by atoms with Gasteiger partial charge in [0.15, 0.2) is 0 Å². The van der Waals surface area contributed by atoms with Crippen molar-refractivity contribution in [3.8, 4) is 0 Å². The third kappa shape index (κ3) is 3.97. The van der Waals surface area contributed by atoms with E-state index < -0.39 is 0 Å². The van der Waals surface area contributed by atoms with Crippen LogP contribution in [0.5, 0.6) is 0 Å². The molecule has 0 bridgehead atoms. The lowest BCUT2D eigenvalue weighted by molar-refractivity contribution is -0.115. The van der Waals surface area contributed by atoms with E-state index in [1.807, 2.05) is 36.4 Å². The van der Waals surface area contributed by atoms with E-state index in [0.29, 0.717) is 11.3 Å². The average Bonchev–Trinajstić information content (AvgIpc) is 2.60. The van der Waals surface area contributed by atoms with E-state index in [-0.39, 0.29) is 17.6 Å². The molecule has 0 saturated carbocycles. The molecule has 0 unspecified atom stereocenters. The molecule has 0 saturated heterocycles. The highest BCUT2D eigenvalue weighted by atomic mass is 32.2. The zero-order valence-electron chi connectivity index (χ0n) is 13.4. The Kier molecular flexibility index (Phi) is 5.20. The minimum Gasteiger partial charge on any atom is -0.369 e. The molecule has 124 valence electrons. The van der Waals surface area contributed by atoms with Crippen LogP contribution in [-0.2, 0) is 17.6 Å². The molecule has 5 heteroatoms. The fourth-order valence-corrected chi connectivity index (χ4v) is 3.66. The van der Waals surface area contributed by atoms with Gasteiger partial charge < -0.3 is 11.1 Å². The van der Waals surface area contributed by atoms with Crippen LogP contribution >= 0.6 is 11.8 Å². The molecule has 2 aromatic carbocycles. The highest BCUT2D eigenvalue weighted by Crippen LogP contribution is 2.28. The molecule has 0 atom stereocenters. The number of aryl methyl sites for hydroxylation is 2. The number of carbonyl (C=O) groups is 2. The second-order valence-corrected chi connectivity index (χ2v) is 6.91. The van der Waals surface area contributed by atoms with Crippen molar-refractivity contribution >= 4 is 29.3 Å². The highest BCUT2D eigenvalue weighted by molar-refractivity contribution is 8.00. The molecule has 1 aliphatic carbocycles. The van der Waals surface area contributed by atoms with Gasteiger partial charge in [-0.15, -0.1) is 11.8 Å². The monoisotopic (exact) mass is 340 g/mol. The quantitative estimate of drug-likeness (QED) is 0.820. The summed E-state index contributed by atoms with van der Waals surface area (Å²) >= 11 is 1.33. The van der Waals surface area contributed by atoms with Crippen LogP contribution in [0.1, 0.15) is 34.3 Å². The Morgan fingerprint density at radius 1 is 1.04 bits per heavy atom. The van der Waals surface area contributed by atoms with Crippen LogP contribution < -0.4 is 11.1 Å². The van der Waals surface area contributed by atoms with Crippen LogP contribution in [0.3, 0.4) is 0 Å². The molecule has 0 radical (unpaired) electrons. The molecule has 24 heavy (non-hydrogen) atoms. The van der Waals surface area contributed by atoms with Gasteiger partial charge in [0.25, 0.3) is 5.91 Å². The topological polar surface area (TPSA) is 72.2 Å². The molecule has 0 aliphatic heterocycles. The van der Waals surface area contributed by atoms with Gasteiger partial charge in [0.1, 0.15) is 0 Å². The van der Waals surface area contributed by atoms with Crippen molar-refractivity contribution in [3.63, 3.8) is 0 Å². The molecular formula is C19H20N2O2S. The van der Waals surface area contributed by atoms with Gasteiger partial charge in [-0.1, -0.05) is 18.2 Å². The maximum atomic E-state index is 12.6. The Labute approximate surface area is 145 Å². The van der Waals surface area contributed by atoms with Crippen molar-refractivity contribution in [2.24, 2.45) is 5.73 Å². The molecule has 3 rings (SSSR count). The lowest BCUT2D eigenvalue weighted by Gasteiger charge is -2.16. The first kappa shape index (κ1) is 16.6. The Balaban J connectivity index is 1.76. The molecule has 0 fully saturated rings. The number of benzene rings is 2. The Morgan fingerprint density at radius 2 is 1.79 bits per heavy atom. The predicted molar refractivity (Wildman–Crippen MR) is 97.4 cm³/mol. The SMILES string of the molecule is NC(=O)CSc1ccccc1NC(=O)c1ccc2c(c1)CCCC2. The smallest absolute Gasteiger partial charge is 0.255 e. The number of hydrogen-bond acceptors (Lipinski definition) is 3. The predicted octanol–water partition coefficient (Wildman–Crippen LogP) is 3.40. The molecule has 2 amide bonds. The van der Waals surface area contributed by atoms with Crippen molar-refractivity contribution < 1.29 is 9.59 Å². The zero-order chi connectivity index (χ0) is 16.9. The molecule has 3 N–H and O–H groups in total. The Morgan fingerprint density at radius 3 is 2.58 bits per heavy atom. The third-order valence-corrected chi connectivity index (χ3v) is 5.21. The van der Waals surface area contributed by atoms with Gasteiger partial charge in [-0.3, -0.25) is 9.59 Å². The van der Waals surface area contributed by atoms with E-state index in [4.69, 9.17) is 5.73 Å². The first-order valence-electron chi connectivity index (χ1n) is 8.07. The standard InChI is InChI=1S/C19H20N2O2S/c20-18(22)12-24-17-8-4-3-7-16(17)21-19(23)15-10-9-13-5-1-2-6-14(13)11-15/h3-4,7-11H,1-2,5-6,12H2,(H2,20,22)(H,21,23). The Hall–Kier alpha value is -2.27. The summed E-state index contributed by atoms with van der Waals surface area (Å²) in [6.07, 6.45) is 4.55. The molecule has 0 aromatic heterocycles. The van der Waals surface area contributed by atoms with Crippen molar-refractivity contribution in [1.82, 2.24) is 0 Å². The molecule has 2 aromatic rings. The summed E-state index contributed by atoms with van der Waals surface area (Å²) in [4.78, 5) is 24.4. The van der Waals surface area contributed by atoms with Crippen molar-refractivity contribution in [2.75, 3.05) is 11.1 Å².